The number of rotatable bonds is 10. The standard InChI is InChI=1S/C31H36ClIN6O6/c1-19(45-34)28(29(33)22-7-5-6-8-27(22)44-4)31(41)38-15-13-37(14-16-38)25-18-24(26(39(42)43)17-23(25)32)35-30(40)20-9-11-21(12-10-20)36(2)3/h5-12,17-18,29,39,42H,13-16,34H2,1-4H3,(H,35,40)/b28-19+. The molecular weight excluding hydrogens is 715 g/mol. The van der Waals surface area contributed by atoms with Crippen LogP contribution in [0, 0.1) is 5.21 Å². The van der Waals surface area contributed by atoms with Gasteiger partial charge in [-0.05, 0) is 43.3 Å². The van der Waals surface area contributed by atoms with Crippen LogP contribution < -0.4 is 31.0 Å². The van der Waals surface area contributed by atoms with Crippen LogP contribution in [0.1, 0.15) is 26.8 Å². The molecule has 1 aliphatic rings. The zero-order valence-electron chi connectivity index (χ0n) is 25.3. The van der Waals surface area contributed by atoms with Gasteiger partial charge in [0.1, 0.15) is 17.2 Å². The monoisotopic (exact) mass is 750 g/mol. The molecule has 4 rings (SSSR count). The minimum Gasteiger partial charge on any atom is -0.595 e. The van der Waals surface area contributed by atoms with E-state index in [2.05, 4.69) is 27.9 Å². The van der Waals surface area contributed by atoms with Gasteiger partial charge in [-0.1, -0.05) is 52.4 Å². The van der Waals surface area contributed by atoms with Crippen molar-refractivity contribution in [1.82, 2.24) is 4.90 Å². The van der Waals surface area contributed by atoms with Crippen molar-refractivity contribution in [2.75, 3.05) is 62.5 Å². The molecule has 0 aromatic heterocycles. The molecule has 240 valence electrons. The first-order chi connectivity index (χ1) is 21.5. The van der Waals surface area contributed by atoms with E-state index in [1.165, 1.54) is 6.07 Å². The molecule has 2 amide bonds. The molecular formula is C31H36ClIN6O6. The number of nitrogens with two attached hydrogens (primary N) is 1. The number of carbonyl (C=O) groups excluding carboxylic acids is 2. The largest absolute Gasteiger partial charge is 0.595 e. The fourth-order valence-corrected chi connectivity index (χ4v) is 6.55. The van der Waals surface area contributed by atoms with E-state index in [9.17, 15) is 20.0 Å². The Morgan fingerprint density at radius 2 is 1.76 bits per heavy atom. The van der Waals surface area contributed by atoms with Crippen molar-refractivity contribution in [3.8, 4) is 5.75 Å². The van der Waals surface area contributed by atoms with Crippen LogP contribution in [0.15, 0.2) is 72.0 Å². The van der Waals surface area contributed by atoms with Gasteiger partial charge < -0.3 is 34.8 Å². The van der Waals surface area contributed by atoms with Gasteiger partial charge in [-0.2, -0.15) is 11.1 Å². The molecule has 0 aliphatic carbocycles. The number of para-hydroxylation sites is 1. The van der Waals surface area contributed by atoms with E-state index in [0.29, 0.717) is 54.5 Å². The Morgan fingerprint density at radius 1 is 1.11 bits per heavy atom. The van der Waals surface area contributed by atoms with Gasteiger partial charge in [-0.15, -0.1) is 0 Å². The molecule has 0 spiro atoms. The van der Waals surface area contributed by atoms with Gasteiger partial charge in [0.05, 0.1) is 27.3 Å². The summed E-state index contributed by atoms with van der Waals surface area (Å²) in [6.45, 7) is 3.18. The van der Waals surface area contributed by atoms with E-state index in [1.54, 1.807) is 49.3 Å². The number of hydrogen-bond donors (Lipinski definition) is 4. The molecule has 0 bridgehead atoms. The highest BCUT2D eigenvalue weighted by Crippen LogP contribution is 2.40. The number of halogens is 2. The summed E-state index contributed by atoms with van der Waals surface area (Å²) < 4.78 is 5.12. The highest BCUT2D eigenvalue weighted by molar-refractivity contribution is 14.1. The first-order valence-electron chi connectivity index (χ1n) is 14.0. The second-order valence-electron chi connectivity index (χ2n) is 10.5. The molecule has 1 heterocycles. The number of methoxy groups -OCH3 is 1. The van der Waals surface area contributed by atoms with Crippen LogP contribution in [-0.2, 0) is 9.63 Å². The predicted octanol–water partition coefficient (Wildman–Crippen LogP) is 4.06. The maximum absolute atomic E-state index is 13.8. The molecule has 3 aromatic rings. The quantitative estimate of drug-likeness (QED) is 0.0792. The van der Waals surface area contributed by atoms with Crippen LogP contribution in [0.25, 0.3) is 0 Å². The Balaban J connectivity index is 1.53. The molecule has 1 fully saturated rings. The number of allylic oxidation sites excluding steroid dienone is 1. The van der Waals surface area contributed by atoms with Gasteiger partial charge >= 0.3 is 0 Å². The Labute approximate surface area is 280 Å². The molecule has 2 unspecified atom stereocenters. The number of anilines is 3. The van der Waals surface area contributed by atoms with Gasteiger partial charge in [0.2, 0.25) is 0 Å². The maximum Gasteiger partial charge on any atom is 0.255 e. The molecule has 0 saturated carbocycles. The van der Waals surface area contributed by atoms with Gasteiger partial charge in [0.25, 0.3) is 11.8 Å². The number of benzene rings is 3. The Morgan fingerprint density at radius 3 is 2.33 bits per heavy atom. The summed E-state index contributed by atoms with van der Waals surface area (Å²) in [4.78, 5) is 37.5. The average Bonchev–Trinajstić information content (AvgIpc) is 3.05. The fraction of sp³-hybridized carbons (Fsp3) is 0.290. The summed E-state index contributed by atoms with van der Waals surface area (Å²) in [5, 5.41) is 23.6. The number of alkyl halides is 1. The number of amides is 2. The smallest absolute Gasteiger partial charge is 0.255 e. The summed E-state index contributed by atoms with van der Waals surface area (Å²) in [5.41, 5.74) is 3.05. The number of carbonyl (C=O) groups is 2. The van der Waals surface area contributed by atoms with E-state index in [0.717, 1.165) is 11.3 Å². The van der Waals surface area contributed by atoms with Crippen molar-refractivity contribution < 1.29 is 29.6 Å². The van der Waals surface area contributed by atoms with Crippen LogP contribution in [0.4, 0.5) is 22.7 Å². The second kappa shape index (κ2) is 15.1. The van der Waals surface area contributed by atoms with Gasteiger partial charge in [-0.25, -0.2) is 5.21 Å². The van der Waals surface area contributed by atoms with Crippen molar-refractivity contribution in [3.05, 3.63) is 93.4 Å². The molecule has 14 heteroatoms. The third-order valence-electron chi connectivity index (χ3n) is 7.57. The lowest BCUT2D eigenvalue weighted by molar-refractivity contribution is -0.990. The minimum absolute atomic E-state index is 0.118. The molecule has 0 radical (unpaired) electrons. The summed E-state index contributed by atoms with van der Waals surface area (Å²) in [6, 6.07) is 17.3. The number of nitrogens with one attached hydrogen (secondary N) is 2. The van der Waals surface area contributed by atoms with Crippen LogP contribution in [-0.4, -0.2) is 69.3 Å². The Hall–Kier alpha value is -3.60. The van der Waals surface area contributed by atoms with Gasteiger partial charge in [-0.3, -0.25) is 9.59 Å². The zero-order chi connectivity index (χ0) is 32.8. The normalized spacial score (nSPS) is 15.1. The number of nitrogens with zero attached hydrogens (tertiary/aromatic N) is 3. The predicted molar refractivity (Wildman–Crippen MR) is 182 cm³/mol. The highest BCUT2D eigenvalue weighted by atomic mass is 127. The average molecular weight is 751 g/mol. The zero-order valence-corrected chi connectivity index (χ0v) is 28.3. The van der Waals surface area contributed by atoms with Crippen molar-refractivity contribution in [1.29, 1.82) is 0 Å². The molecule has 12 nitrogen and oxygen atoms in total. The lowest BCUT2D eigenvalue weighted by Gasteiger charge is -2.37. The molecule has 1 saturated heterocycles. The molecule has 3 aromatic carbocycles. The number of hydrogen-bond acceptors (Lipinski definition) is 9. The first-order valence-corrected chi connectivity index (χ1v) is 15.6. The third-order valence-corrected chi connectivity index (χ3v) is 9.17. The SMILES string of the molecule is COc1ccccc1C(I)/C(C(=O)N1CCN(c2cc(NC(=O)c3ccc(N(C)C)cc3)c([NH+]([O-])O)cc2Cl)CC1)=C(/C)ON. The first kappa shape index (κ1) is 34.3. The summed E-state index contributed by atoms with van der Waals surface area (Å²) >= 11 is 8.76. The number of piperazine rings is 1. The van der Waals surface area contributed by atoms with Crippen LogP contribution in [0.3, 0.4) is 0 Å². The van der Waals surface area contributed by atoms with Gasteiger partial charge in [0, 0.05) is 63.2 Å². The summed E-state index contributed by atoms with van der Waals surface area (Å²) in [7, 11) is 5.37. The van der Waals surface area contributed by atoms with E-state index >= 15 is 0 Å². The Bertz CT molecular complexity index is 1560. The topological polar surface area (TPSA) is 148 Å². The van der Waals surface area contributed by atoms with Crippen LogP contribution in [0.5, 0.6) is 5.75 Å². The second-order valence-corrected chi connectivity index (χ2v) is 12.2. The summed E-state index contributed by atoms with van der Waals surface area (Å²) in [5.74, 6) is 5.79. The molecule has 5 N–H and O–H groups in total. The van der Waals surface area contributed by atoms with E-state index in [1.807, 2.05) is 48.2 Å². The Kier molecular flexibility index (Phi) is 11.5. The van der Waals surface area contributed by atoms with Crippen molar-refractivity contribution in [2.24, 2.45) is 5.90 Å². The lowest BCUT2D eigenvalue weighted by atomic mass is 10.0. The highest BCUT2D eigenvalue weighted by Gasteiger charge is 2.32. The lowest BCUT2D eigenvalue weighted by Crippen LogP contribution is -2.99. The van der Waals surface area contributed by atoms with Crippen molar-refractivity contribution >= 4 is 68.8 Å². The van der Waals surface area contributed by atoms with Crippen LogP contribution in [0.2, 0.25) is 5.02 Å². The number of ether oxygens (including phenoxy) is 1. The number of quaternary nitrogens is 1. The summed E-state index contributed by atoms with van der Waals surface area (Å²) in [6.07, 6.45) is 0. The van der Waals surface area contributed by atoms with Crippen LogP contribution >= 0.6 is 34.2 Å². The molecule has 1 aliphatic heterocycles. The third kappa shape index (κ3) is 7.80. The molecule has 2 atom stereocenters. The van der Waals surface area contributed by atoms with E-state index < -0.39 is 15.1 Å². The van der Waals surface area contributed by atoms with E-state index in [4.69, 9.17) is 27.1 Å². The van der Waals surface area contributed by atoms with E-state index in [-0.39, 0.29) is 22.3 Å². The minimum atomic E-state index is -1.22. The van der Waals surface area contributed by atoms with Crippen molar-refractivity contribution in [3.63, 3.8) is 0 Å². The maximum atomic E-state index is 13.8. The molecule has 45 heavy (non-hydrogen) atoms. The fourth-order valence-electron chi connectivity index (χ4n) is 5.04. The van der Waals surface area contributed by atoms with Gasteiger partial charge in [0.15, 0.2) is 5.69 Å². The van der Waals surface area contributed by atoms with Crippen molar-refractivity contribution in [2.45, 2.75) is 10.8 Å².